The molecule has 0 aromatic heterocycles. The van der Waals surface area contributed by atoms with Gasteiger partial charge in [-0.05, 0) is 19.4 Å². The summed E-state index contributed by atoms with van der Waals surface area (Å²) in [7, 11) is -3.25. The van der Waals surface area contributed by atoms with Gasteiger partial charge in [0.2, 0.25) is 10.0 Å². The van der Waals surface area contributed by atoms with Gasteiger partial charge in [-0.25, -0.2) is 8.42 Å². The molecule has 2 heterocycles. The van der Waals surface area contributed by atoms with E-state index >= 15 is 0 Å². The van der Waals surface area contributed by atoms with Crippen molar-refractivity contribution in [1.82, 2.24) is 9.21 Å². The van der Waals surface area contributed by atoms with E-state index in [2.05, 4.69) is 23.7 Å². The number of piperazine rings is 1. The minimum Gasteiger partial charge on any atom is -0.349 e. The predicted molar refractivity (Wildman–Crippen MR) is 96.2 cm³/mol. The van der Waals surface area contributed by atoms with Crippen molar-refractivity contribution in [2.75, 3.05) is 32.7 Å². The molecule has 7 heteroatoms. The number of aliphatic imine (C=N–C) groups is 1. The molecule has 23 heavy (non-hydrogen) atoms. The number of sulfonamides is 1. The molecule has 1 aromatic carbocycles. The van der Waals surface area contributed by atoms with Crippen LogP contribution in [0.2, 0.25) is 0 Å². The van der Waals surface area contributed by atoms with Crippen molar-refractivity contribution in [2.45, 2.75) is 24.3 Å². The molecular formula is C16H23N3O2S2. The van der Waals surface area contributed by atoms with Gasteiger partial charge in [0.05, 0.1) is 12.3 Å². The Labute approximate surface area is 142 Å². The Morgan fingerprint density at radius 1 is 1.13 bits per heavy atom. The molecule has 0 saturated carbocycles. The molecule has 1 aromatic rings. The zero-order valence-electron chi connectivity index (χ0n) is 13.6. The molecule has 2 aliphatic heterocycles. The first-order chi connectivity index (χ1) is 10.9. The molecule has 3 rings (SSSR count). The van der Waals surface area contributed by atoms with Crippen LogP contribution in [0.4, 0.5) is 0 Å². The van der Waals surface area contributed by atoms with Gasteiger partial charge in [-0.15, -0.1) is 0 Å². The molecule has 0 unspecified atom stereocenters. The molecule has 5 nitrogen and oxygen atoms in total. The second kappa shape index (κ2) is 6.45. The molecule has 1 fully saturated rings. The number of hydrogen-bond acceptors (Lipinski definition) is 5. The van der Waals surface area contributed by atoms with E-state index in [0.29, 0.717) is 13.1 Å². The fraction of sp³-hybridized carbons (Fsp3) is 0.562. The number of nitrogens with zero attached hydrogens (tertiary/aromatic N) is 3. The van der Waals surface area contributed by atoms with Gasteiger partial charge in [0.25, 0.3) is 0 Å². The first kappa shape index (κ1) is 16.8. The lowest BCUT2D eigenvalue weighted by Gasteiger charge is -2.35. The van der Waals surface area contributed by atoms with Gasteiger partial charge in [0.15, 0.2) is 5.17 Å². The van der Waals surface area contributed by atoms with Crippen molar-refractivity contribution in [1.29, 1.82) is 0 Å². The van der Waals surface area contributed by atoms with Gasteiger partial charge >= 0.3 is 0 Å². The normalized spacial score (nSPS) is 22.2. The molecule has 2 aliphatic rings. The van der Waals surface area contributed by atoms with Crippen LogP contribution < -0.4 is 0 Å². The Kier molecular flexibility index (Phi) is 4.71. The number of thioether (sulfide) groups is 1. The third-order valence-electron chi connectivity index (χ3n) is 4.06. The standard InChI is InChI=1S/C16H23N3O2S2/c1-16(2)13-17-15(22-16)18-8-10-19(11-9-18)23(20,21)12-14-6-4-3-5-7-14/h3-7H,8-13H2,1-2H3. The van der Waals surface area contributed by atoms with E-state index < -0.39 is 10.0 Å². The maximum Gasteiger partial charge on any atom is 0.218 e. The van der Waals surface area contributed by atoms with Crippen LogP contribution in [-0.4, -0.2) is 60.3 Å². The number of rotatable bonds is 3. The summed E-state index contributed by atoms with van der Waals surface area (Å²) in [4.78, 5) is 6.82. The van der Waals surface area contributed by atoms with Crippen LogP contribution in [-0.2, 0) is 15.8 Å². The van der Waals surface area contributed by atoms with E-state index in [1.54, 1.807) is 16.1 Å². The summed E-state index contributed by atoms with van der Waals surface area (Å²) in [5.74, 6) is 0.0799. The zero-order valence-corrected chi connectivity index (χ0v) is 15.2. The lowest BCUT2D eigenvalue weighted by atomic mass is 10.2. The van der Waals surface area contributed by atoms with Crippen molar-refractivity contribution in [3.63, 3.8) is 0 Å². The largest absolute Gasteiger partial charge is 0.349 e. The lowest BCUT2D eigenvalue weighted by molar-refractivity contribution is 0.269. The quantitative estimate of drug-likeness (QED) is 0.834. The SMILES string of the molecule is CC1(C)CN=C(N2CCN(S(=O)(=O)Cc3ccccc3)CC2)S1. The Balaban J connectivity index is 1.58. The van der Waals surface area contributed by atoms with E-state index in [4.69, 9.17) is 0 Å². The first-order valence-corrected chi connectivity index (χ1v) is 10.3. The maximum absolute atomic E-state index is 12.6. The third kappa shape index (κ3) is 4.08. The van der Waals surface area contributed by atoms with E-state index in [1.807, 2.05) is 30.3 Å². The summed E-state index contributed by atoms with van der Waals surface area (Å²) in [5.41, 5.74) is 0.840. The fourth-order valence-electron chi connectivity index (χ4n) is 2.77. The summed E-state index contributed by atoms with van der Waals surface area (Å²) in [6.07, 6.45) is 0. The molecule has 0 radical (unpaired) electrons. The van der Waals surface area contributed by atoms with Crippen LogP contribution in [0.1, 0.15) is 19.4 Å². The van der Waals surface area contributed by atoms with Crippen LogP contribution in [0.15, 0.2) is 35.3 Å². The Hall–Kier alpha value is -1.05. The molecule has 0 spiro atoms. The maximum atomic E-state index is 12.6. The molecular weight excluding hydrogens is 330 g/mol. The van der Waals surface area contributed by atoms with Crippen LogP contribution in [0.25, 0.3) is 0 Å². The fourth-order valence-corrected chi connectivity index (χ4v) is 5.35. The topological polar surface area (TPSA) is 53.0 Å². The van der Waals surface area contributed by atoms with E-state index in [0.717, 1.165) is 30.4 Å². The molecule has 126 valence electrons. The van der Waals surface area contributed by atoms with Gasteiger partial charge in [0.1, 0.15) is 0 Å². The van der Waals surface area contributed by atoms with Crippen molar-refractivity contribution in [3.05, 3.63) is 35.9 Å². The third-order valence-corrected chi connectivity index (χ3v) is 7.16. The number of benzene rings is 1. The van der Waals surface area contributed by atoms with Crippen molar-refractivity contribution < 1.29 is 8.42 Å². The smallest absolute Gasteiger partial charge is 0.218 e. The highest BCUT2D eigenvalue weighted by Gasteiger charge is 2.33. The van der Waals surface area contributed by atoms with Gasteiger partial charge in [-0.2, -0.15) is 4.31 Å². The summed E-state index contributed by atoms with van der Waals surface area (Å²) < 4.78 is 26.9. The molecule has 0 N–H and O–H groups in total. The first-order valence-electron chi connectivity index (χ1n) is 7.86. The van der Waals surface area contributed by atoms with Crippen molar-refractivity contribution in [2.24, 2.45) is 4.99 Å². The monoisotopic (exact) mass is 353 g/mol. The minimum absolute atomic E-state index is 0.0799. The second-order valence-corrected chi connectivity index (χ2v) is 10.2. The molecule has 0 aliphatic carbocycles. The Morgan fingerprint density at radius 2 is 1.78 bits per heavy atom. The summed E-state index contributed by atoms with van der Waals surface area (Å²) in [6, 6.07) is 9.37. The zero-order chi connectivity index (χ0) is 16.5. The van der Waals surface area contributed by atoms with E-state index in [1.165, 1.54) is 0 Å². The van der Waals surface area contributed by atoms with Gasteiger partial charge in [-0.3, -0.25) is 4.99 Å². The average molecular weight is 354 g/mol. The molecule has 0 amide bonds. The molecule has 1 saturated heterocycles. The van der Waals surface area contributed by atoms with E-state index in [9.17, 15) is 8.42 Å². The van der Waals surface area contributed by atoms with Crippen LogP contribution in [0, 0.1) is 0 Å². The molecule has 0 bridgehead atoms. The predicted octanol–water partition coefficient (Wildman–Crippen LogP) is 2.02. The Bertz CT molecular complexity index is 679. The number of hydrogen-bond donors (Lipinski definition) is 0. The van der Waals surface area contributed by atoms with Gasteiger partial charge in [-0.1, -0.05) is 42.1 Å². The highest BCUT2D eigenvalue weighted by molar-refractivity contribution is 8.15. The average Bonchev–Trinajstić information content (AvgIpc) is 2.88. The van der Waals surface area contributed by atoms with E-state index in [-0.39, 0.29) is 10.5 Å². The highest BCUT2D eigenvalue weighted by Crippen LogP contribution is 2.33. The van der Waals surface area contributed by atoms with Gasteiger partial charge < -0.3 is 4.90 Å². The molecule has 0 atom stereocenters. The lowest BCUT2D eigenvalue weighted by Crippen LogP contribution is -2.50. The van der Waals surface area contributed by atoms with Crippen LogP contribution >= 0.6 is 11.8 Å². The highest BCUT2D eigenvalue weighted by atomic mass is 32.2. The van der Waals surface area contributed by atoms with Crippen LogP contribution in [0.5, 0.6) is 0 Å². The van der Waals surface area contributed by atoms with Gasteiger partial charge in [0, 0.05) is 30.9 Å². The second-order valence-electron chi connectivity index (χ2n) is 6.59. The van der Waals surface area contributed by atoms with Crippen LogP contribution in [0.3, 0.4) is 0 Å². The summed E-state index contributed by atoms with van der Waals surface area (Å²) in [6.45, 7) is 7.72. The number of amidine groups is 1. The Morgan fingerprint density at radius 3 is 2.35 bits per heavy atom. The van der Waals surface area contributed by atoms with Crippen molar-refractivity contribution in [3.8, 4) is 0 Å². The van der Waals surface area contributed by atoms with Crippen molar-refractivity contribution >= 4 is 27.0 Å². The minimum atomic E-state index is -3.25. The summed E-state index contributed by atoms with van der Waals surface area (Å²) in [5, 5.41) is 1.06. The summed E-state index contributed by atoms with van der Waals surface area (Å²) >= 11 is 1.79.